The van der Waals surface area contributed by atoms with Crippen molar-refractivity contribution in [1.82, 2.24) is 4.98 Å². The van der Waals surface area contributed by atoms with Crippen LogP contribution in [-0.2, 0) is 11.3 Å². The molecule has 0 amide bonds. The van der Waals surface area contributed by atoms with Gasteiger partial charge in [0.15, 0.2) is 0 Å². The van der Waals surface area contributed by atoms with Crippen LogP contribution in [0, 0.1) is 5.82 Å². The van der Waals surface area contributed by atoms with Gasteiger partial charge in [0.25, 0.3) is 0 Å². The Hall–Kier alpha value is -1.50. The molecule has 0 unspecified atom stereocenters. The molecule has 0 saturated carbocycles. The SMILES string of the molecule is COCCNc1ccc(-c2cc(Br)ccc2F)nc1CN. The standard InChI is InChI=1S/C15H17BrFN3O/c1-21-7-6-19-14-5-4-13(20-15(14)9-18)11-8-10(16)2-3-12(11)17/h2-5,8,19H,6-7,9,18H2,1H3. The van der Waals surface area contributed by atoms with E-state index in [2.05, 4.69) is 26.2 Å². The van der Waals surface area contributed by atoms with E-state index >= 15 is 0 Å². The summed E-state index contributed by atoms with van der Waals surface area (Å²) in [6.45, 7) is 1.53. The van der Waals surface area contributed by atoms with Crippen molar-refractivity contribution in [3.05, 3.63) is 46.3 Å². The fourth-order valence-electron chi connectivity index (χ4n) is 1.95. The third kappa shape index (κ3) is 4.00. The number of benzene rings is 1. The highest BCUT2D eigenvalue weighted by molar-refractivity contribution is 9.10. The molecular formula is C15H17BrFN3O. The molecule has 4 nitrogen and oxygen atoms in total. The van der Waals surface area contributed by atoms with Crippen molar-refractivity contribution in [2.24, 2.45) is 5.73 Å². The summed E-state index contributed by atoms with van der Waals surface area (Å²) in [6, 6.07) is 8.41. The summed E-state index contributed by atoms with van der Waals surface area (Å²) in [6.07, 6.45) is 0. The maximum atomic E-state index is 13.9. The van der Waals surface area contributed by atoms with E-state index in [4.69, 9.17) is 10.5 Å². The van der Waals surface area contributed by atoms with Gasteiger partial charge in [-0.1, -0.05) is 15.9 Å². The molecule has 2 aromatic rings. The Balaban J connectivity index is 2.32. The van der Waals surface area contributed by atoms with E-state index < -0.39 is 0 Å². The number of nitrogens with two attached hydrogens (primary N) is 1. The van der Waals surface area contributed by atoms with Crippen molar-refractivity contribution in [2.75, 3.05) is 25.6 Å². The normalized spacial score (nSPS) is 10.7. The number of aromatic nitrogens is 1. The second-order valence-electron chi connectivity index (χ2n) is 4.44. The van der Waals surface area contributed by atoms with Crippen LogP contribution in [0.4, 0.5) is 10.1 Å². The van der Waals surface area contributed by atoms with Crippen LogP contribution in [0.15, 0.2) is 34.8 Å². The summed E-state index contributed by atoms with van der Waals surface area (Å²) in [5, 5.41) is 3.20. The number of nitrogens with one attached hydrogen (secondary N) is 1. The average molecular weight is 354 g/mol. The van der Waals surface area contributed by atoms with Crippen LogP contribution >= 0.6 is 15.9 Å². The molecule has 0 bridgehead atoms. The molecule has 112 valence electrons. The minimum Gasteiger partial charge on any atom is -0.383 e. The molecule has 0 atom stereocenters. The van der Waals surface area contributed by atoms with Gasteiger partial charge in [-0.2, -0.15) is 0 Å². The summed E-state index contributed by atoms with van der Waals surface area (Å²) >= 11 is 3.34. The van der Waals surface area contributed by atoms with Gasteiger partial charge in [0.1, 0.15) is 5.82 Å². The van der Waals surface area contributed by atoms with Crippen molar-refractivity contribution in [1.29, 1.82) is 0 Å². The zero-order chi connectivity index (χ0) is 15.2. The molecule has 21 heavy (non-hydrogen) atoms. The molecule has 0 saturated heterocycles. The quantitative estimate of drug-likeness (QED) is 0.783. The van der Waals surface area contributed by atoms with Crippen LogP contribution in [0.2, 0.25) is 0 Å². The predicted molar refractivity (Wildman–Crippen MR) is 85.6 cm³/mol. The summed E-state index contributed by atoms with van der Waals surface area (Å²) < 4.78 is 19.7. The molecule has 2 rings (SSSR count). The third-order valence-electron chi connectivity index (χ3n) is 2.99. The average Bonchev–Trinajstić information content (AvgIpc) is 2.50. The Morgan fingerprint density at radius 3 is 2.86 bits per heavy atom. The number of halogens is 2. The molecule has 0 radical (unpaired) electrons. The minimum absolute atomic E-state index is 0.277. The monoisotopic (exact) mass is 353 g/mol. The first-order valence-electron chi connectivity index (χ1n) is 6.54. The van der Waals surface area contributed by atoms with Gasteiger partial charge in [-0.05, 0) is 30.3 Å². The zero-order valence-electron chi connectivity index (χ0n) is 11.7. The number of pyridine rings is 1. The molecular weight excluding hydrogens is 337 g/mol. The van der Waals surface area contributed by atoms with E-state index in [0.717, 1.165) is 10.2 Å². The predicted octanol–water partition coefficient (Wildman–Crippen LogP) is 3.17. The zero-order valence-corrected chi connectivity index (χ0v) is 13.3. The lowest BCUT2D eigenvalue weighted by atomic mass is 10.1. The number of methoxy groups -OCH3 is 1. The van der Waals surface area contributed by atoms with Gasteiger partial charge < -0.3 is 15.8 Å². The van der Waals surface area contributed by atoms with E-state index in [1.54, 1.807) is 25.3 Å². The van der Waals surface area contributed by atoms with E-state index in [1.165, 1.54) is 6.07 Å². The fraction of sp³-hybridized carbons (Fsp3) is 0.267. The van der Waals surface area contributed by atoms with Crippen molar-refractivity contribution in [3.63, 3.8) is 0 Å². The Kier molecular flexibility index (Phi) is 5.67. The van der Waals surface area contributed by atoms with E-state index in [0.29, 0.717) is 30.1 Å². The van der Waals surface area contributed by atoms with Crippen molar-refractivity contribution in [2.45, 2.75) is 6.54 Å². The smallest absolute Gasteiger partial charge is 0.132 e. The molecule has 1 aromatic carbocycles. The molecule has 0 spiro atoms. The van der Waals surface area contributed by atoms with Crippen molar-refractivity contribution < 1.29 is 9.13 Å². The van der Waals surface area contributed by atoms with Gasteiger partial charge in [0.2, 0.25) is 0 Å². The number of hydrogen-bond donors (Lipinski definition) is 2. The number of nitrogens with zero attached hydrogens (tertiary/aromatic N) is 1. The number of hydrogen-bond acceptors (Lipinski definition) is 4. The fourth-order valence-corrected chi connectivity index (χ4v) is 2.31. The molecule has 1 aromatic heterocycles. The van der Waals surface area contributed by atoms with Gasteiger partial charge in [0.05, 0.1) is 23.7 Å². The Morgan fingerprint density at radius 1 is 1.33 bits per heavy atom. The highest BCUT2D eigenvalue weighted by Crippen LogP contribution is 2.26. The van der Waals surface area contributed by atoms with Crippen LogP contribution in [0.25, 0.3) is 11.3 Å². The van der Waals surface area contributed by atoms with Crippen LogP contribution in [-0.4, -0.2) is 25.2 Å². The van der Waals surface area contributed by atoms with Crippen LogP contribution in [0.5, 0.6) is 0 Å². The Bertz CT molecular complexity index is 622. The van der Waals surface area contributed by atoms with Crippen LogP contribution < -0.4 is 11.1 Å². The van der Waals surface area contributed by atoms with Gasteiger partial charge in [-0.3, -0.25) is 0 Å². The Morgan fingerprint density at radius 2 is 2.14 bits per heavy atom. The molecule has 3 N–H and O–H groups in total. The minimum atomic E-state index is -0.311. The van der Waals surface area contributed by atoms with Crippen molar-refractivity contribution in [3.8, 4) is 11.3 Å². The topological polar surface area (TPSA) is 60.2 Å². The van der Waals surface area contributed by atoms with Crippen LogP contribution in [0.3, 0.4) is 0 Å². The highest BCUT2D eigenvalue weighted by Gasteiger charge is 2.10. The summed E-state index contributed by atoms with van der Waals surface area (Å²) in [4.78, 5) is 4.45. The summed E-state index contributed by atoms with van der Waals surface area (Å²) in [7, 11) is 1.64. The molecule has 1 heterocycles. The van der Waals surface area contributed by atoms with Gasteiger partial charge in [-0.25, -0.2) is 9.37 Å². The summed E-state index contributed by atoms with van der Waals surface area (Å²) in [5.74, 6) is -0.311. The molecule has 0 aliphatic rings. The first kappa shape index (κ1) is 15.9. The summed E-state index contributed by atoms with van der Waals surface area (Å²) in [5.41, 5.74) is 8.28. The lowest BCUT2D eigenvalue weighted by Gasteiger charge is -2.12. The molecule has 0 aliphatic heterocycles. The second kappa shape index (κ2) is 7.49. The molecule has 0 fully saturated rings. The van der Waals surface area contributed by atoms with Crippen molar-refractivity contribution >= 4 is 21.6 Å². The second-order valence-corrected chi connectivity index (χ2v) is 5.35. The first-order chi connectivity index (χ1) is 10.2. The number of anilines is 1. The van der Waals surface area contributed by atoms with Crippen LogP contribution in [0.1, 0.15) is 5.69 Å². The number of rotatable bonds is 6. The highest BCUT2D eigenvalue weighted by atomic mass is 79.9. The number of ether oxygens (including phenoxy) is 1. The first-order valence-corrected chi connectivity index (χ1v) is 7.33. The third-order valence-corrected chi connectivity index (χ3v) is 3.49. The van der Waals surface area contributed by atoms with Gasteiger partial charge in [0, 0.05) is 30.2 Å². The van der Waals surface area contributed by atoms with E-state index in [-0.39, 0.29) is 12.4 Å². The maximum absolute atomic E-state index is 13.9. The van der Waals surface area contributed by atoms with E-state index in [1.807, 2.05) is 6.07 Å². The lowest BCUT2D eigenvalue weighted by molar-refractivity contribution is 0.210. The maximum Gasteiger partial charge on any atom is 0.132 e. The van der Waals surface area contributed by atoms with Gasteiger partial charge >= 0.3 is 0 Å². The molecule has 6 heteroatoms. The van der Waals surface area contributed by atoms with Gasteiger partial charge in [-0.15, -0.1) is 0 Å². The molecule has 0 aliphatic carbocycles. The lowest BCUT2D eigenvalue weighted by Crippen LogP contribution is -2.12. The largest absolute Gasteiger partial charge is 0.383 e. The Labute approximate surface area is 131 Å². The van der Waals surface area contributed by atoms with E-state index in [9.17, 15) is 4.39 Å².